The summed E-state index contributed by atoms with van der Waals surface area (Å²) >= 11 is 0. The monoisotopic (exact) mass is 248 g/mol. The predicted molar refractivity (Wildman–Crippen MR) is 57.5 cm³/mol. The number of alkyl halides is 3. The maximum atomic E-state index is 12.3. The fourth-order valence-electron chi connectivity index (χ4n) is 1.60. The SMILES string of the molecule is CCC(OC)C(O)c1ccc(C(F)(F)F)cc1. The van der Waals surface area contributed by atoms with Crippen LogP contribution in [0.1, 0.15) is 30.6 Å². The molecule has 0 amide bonds. The first kappa shape index (κ1) is 14.0. The summed E-state index contributed by atoms with van der Waals surface area (Å²) < 4.78 is 42.0. The van der Waals surface area contributed by atoms with Crippen molar-refractivity contribution in [2.45, 2.75) is 31.7 Å². The lowest BCUT2D eigenvalue weighted by atomic mass is 10.0. The van der Waals surface area contributed by atoms with E-state index in [0.717, 1.165) is 12.1 Å². The van der Waals surface area contributed by atoms with Crippen molar-refractivity contribution in [3.8, 4) is 0 Å². The zero-order valence-electron chi connectivity index (χ0n) is 9.66. The molecular weight excluding hydrogens is 233 g/mol. The molecule has 0 radical (unpaired) electrons. The number of aliphatic hydroxyl groups excluding tert-OH is 1. The Hall–Kier alpha value is -1.07. The van der Waals surface area contributed by atoms with Crippen molar-refractivity contribution in [3.63, 3.8) is 0 Å². The Morgan fingerprint density at radius 1 is 1.24 bits per heavy atom. The van der Waals surface area contributed by atoms with E-state index in [1.165, 1.54) is 19.2 Å². The molecule has 0 saturated carbocycles. The minimum absolute atomic E-state index is 0.410. The van der Waals surface area contributed by atoms with Crippen LogP contribution in [0.2, 0.25) is 0 Å². The molecule has 2 atom stereocenters. The van der Waals surface area contributed by atoms with Crippen molar-refractivity contribution in [3.05, 3.63) is 35.4 Å². The number of benzene rings is 1. The topological polar surface area (TPSA) is 29.5 Å². The van der Waals surface area contributed by atoms with Crippen LogP contribution in [0.4, 0.5) is 13.2 Å². The van der Waals surface area contributed by atoms with Gasteiger partial charge in [0, 0.05) is 7.11 Å². The molecule has 0 aliphatic rings. The van der Waals surface area contributed by atoms with Crippen LogP contribution in [0.25, 0.3) is 0 Å². The summed E-state index contributed by atoms with van der Waals surface area (Å²) in [5.74, 6) is 0. The van der Waals surface area contributed by atoms with Gasteiger partial charge in [-0.25, -0.2) is 0 Å². The van der Waals surface area contributed by atoms with Crippen molar-refractivity contribution in [2.75, 3.05) is 7.11 Å². The standard InChI is InChI=1S/C12H15F3O2/c1-3-10(17-2)11(16)8-4-6-9(7-5-8)12(13,14)15/h4-7,10-11,16H,3H2,1-2H3. The minimum Gasteiger partial charge on any atom is -0.386 e. The molecule has 0 spiro atoms. The molecule has 0 saturated heterocycles. The van der Waals surface area contributed by atoms with Gasteiger partial charge < -0.3 is 9.84 Å². The summed E-state index contributed by atoms with van der Waals surface area (Å²) in [6.45, 7) is 1.83. The van der Waals surface area contributed by atoms with E-state index in [0.29, 0.717) is 12.0 Å². The van der Waals surface area contributed by atoms with Crippen LogP contribution in [0.5, 0.6) is 0 Å². The van der Waals surface area contributed by atoms with Crippen molar-refractivity contribution in [2.24, 2.45) is 0 Å². The molecule has 2 unspecified atom stereocenters. The van der Waals surface area contributed by atoms with Crippen LogP contribution >= 0.6 is 0 Å². The highest BCUT2D eigenvalue weighted by Crippen LogP contribution is 2.30. The molecule has 1 aromatic carbocycles. The number of hydrogen-bond acceptors (Lipinski definition) is 2. The molecule has 0 bridgehead atoms. The van der Waals surface area contributed by atoms with Gasteiger partial charge >= 0.3 is 6.18 Å². The molecule has 0 aliphatic carbocycles. The van der Waals surface area contributed by atoms with Gasteiger partial charge in [-0.05, 0) is 24.1 Å². The molecule has 96 valence electrons. The van der Waals surface area contributed by atoms with Gasteiger partial charge in [-0.15, -0.1) is 0 Å². The van der Waals surface area contributed by atoms with E-state index >= 15 is 0 Å². The van der Waals surface area contributed by atoms with E-state index in [-0.39, 0.29) is 0 Å². The molecule has 0 heterocycles. The maximum absolute atomic E-state index is 12.3. The van der Waals surface area contributed by atoms with Crippen LogP contribution in [0.3, 0.4) is 0 Å². The molecule has 1 N–H and O–H groups in total. The zero-order chi connectivity index (χ0) is 13.1. The Bertz CT molecular complexity index is 342. The third-order valence-electron chi connectivity index (χ3n) is 2.64. The first-order valence-electron chi connectivity index (χ1n) is 5.28. The molecule has 0 aromatic heterocycles. The second kappa shape index (κ2) is 5.51. The second-order valence-electron chi connectivity index (χ2n) is 3.75. The highest BCUT2D eigenvalue weighted by molar-refractivity contribution is 5.26. The molecule has 17 heavy (non-hydrogen) atoms. The number of ether oxygens (including phenoxy) is 1. The highest BCUT2D eigenvalue weighted by atomic mass is 19.4. The third kappa shape index (κ3) is 3.44. The third-order valence-corrected chi connectivity index (χ3v) is 2.64. The number of methoxy groups -OCH3 is 1. The van der Waals surface area contributed by atoms with Crippen molar-refractivity contribution in [1.29, 1.82) is 0 Å². The lowest BCUT2D eigenvalue weighted by Gasteiger charge is -2.20. The minimum atomic E-state index is -4.35. The van der Waals surface area contributed by atoms with E-state index < -0.39 is 23.9 Å². The van der Waals surface area contributed by atoms with Crippen LogP contribution in [-0.2, 0) is 10.9 Å². The van der Waals surface area contributed by atoms with Crippen LogP contribution in [0.15, 0.2) is 24.3 Å². The average Bonchev–Trinajstić information content (AvgIpc) is 2.29. The van der Waals surface area contributed by atoms with Crippen molar-refractivity contribution >= 4 is 0 Å². The quantitative estimate of drug-likeness (QED) is 0.886. The lowest BCUT2D eigenvalue weighted by Crippen LogP contribution is -2.20. The van der Waals surface area contributed by atoms with Gasteiger partial charge in [-0.3, -0.25) is 0 Å². The average molecular weight is 248 g/mol. The van der Waals surface area contributed by atoms with Gasteiger partial charge in [0.2, 0.25) is 0 Å². The van der Waals surface area contributed by atoms with Crippen LogP contribution < -0.4 is 0 Å². The van der Waals surface area contributed by atoms with Crippen molar-refractivity contribution < 1.29 is 23.0 Å². The van der Waals surface area contributed by atoms with Crippen LogP contribution in [0, 0.1) is 0 Å². The molecule has 0 fully saturated rings. The Labute approximate surface area is 98.0 Å². The summed E-state index contributed by atoms with van der Waals surface area (Å²) in [5, 5.41) is 9.87. The van der Waals surface area contributed by atoms with E-state index in [4.69, 9.17) is 4.74 Å². The Kier molecular flexibility index (Phi) is 4.54. The second-order valence-corrected chi connectivity index (χ2v) is 3.75. The Balaban J connectivity index is 2.87. The van der Waals surface area contributed by atoms with Crippen molar-refractivity contribution in [1.82, 2.24) is 0 Å². The van der Waals surface area contributed by atoms with Gasteiger partial charge in [-0.2, -0.15) is 13.2 Å². The zero-order valence-corrected chi connectivity index (χ0v) is 9.66. The van der Waals surface area contributed by atoms with Gasteiger partial charge in [0.25, 0.3) is 0 Å². The van der Waals surface area contributed by atoms with E-state index in [2.05, 4.69) is 0 Å². The molecule has 1 aromatic rings. The van der Waals surface area contributed by atoms with E-state index in [9.17, 15) is 18.3 Å². The Morgan fingerprint density at radius 3 is 2.12 bits per heavy atom. The van der Waals surface area contributed by atoms with Gasteiger partial charge in [-0.1, -0.05) is 19.1 Å². The Morgan fingerprint density at radius 2 is 1.76 bits per heavy atom. The van der Waals surface area contributed by atoms with Crippen LogP contribution in [-0.4, -0.2) is 18.3 Å². The number of rotatable bonds is 4. The fourth-order valence-corrected chi connectivity index (χ4v) is 1.60. The van der Waals surface area contributed by atoms with Gasteiger partial charge in [0.1, 0.15) is 6.10 Å². The molecule has 1 rings (SSSR count). The first-order chi connectivity index (χ1) is 7.90. The maximum Gasteiger partial charge on any atom is 0.416 e. The molecule has 5 heteroatoms. The fraction of sp³-hybridized carbons (Fsp3) is 0.500. The largest absolute Gasteiger partial charge is 0.416 e. The predicted octanol–water partition coefficient (Wildman–Crippen LogP) is 3.16. The number of halogens is 3. The molecule has 0 aliphatic heterocycles. The molecule has 2 nitrogen and oxygen atoms in total. The van der Waals surface area contributed by atoms with Gasteiger partial charge in [0.15, 0.2) is 0 Å². The first-order valence-corrected chi connectivity index (χ1v) is 5.28. The number of hydrogen-bond donors (Lipinski definition) is 1. The van der Waals surface area contributed by atoms with E-state index in [1.54, 1.807) is 0 Å². The smallest absolute Gasteiger partial charge is 0.386 e. The molecular formula is C12H15F3O2. The summed E-state index contributed by atoms with van der Waals surface area (Å²) in [5.41, 5.74) is -0.300. The number of aliphatic hydroxyl groups is 1. The van der Waals surface area contributed by atoms with Gasteiger partial charge in [0.05, 0.1) is 11.7 Å². The lowest BCUT2D eigenvalue weighted by molar-refractivity contribution is -0.137. The normalized spacial score (nSPS) is 15.6. The summed E-state index contributed by atoms with van der Waals surface area (Å²) in [4.78, 5) is 0. The van der Waals surface area contributed by atoms with E-state index in [1.807, 2.05) is 6.92 Å². The highest BCUT2D eigenvalue weighted by Gasteiger charge is 2.30. The summed E-state index contributed by atoms with van der Waals surface area (Å²) in [6.07, 6.45) is -5.09. The summed E-state index contributed by atoms with van der Waals surface area (Å²) in [7, 11) is 1.46. The summed E-state index contributed by atoms with van der Waals surface area (Å²) in [6, 6.07) is 4.46.